The summed E-state index contributed by atoms with van der Waals surface area (Å²) in [6.45, 7) is -0.0404. The van der Waals surface area contributed by atoms with Crippen LogP contribution in [0.4, 0.5) is 14.5 Å². The van der Waals surface area contributed by atoms with Gasteiger partial charge in [-0.2, -0.15) is 8.78 Å². The molecule has 1 aliphatic heterocycles. The van der Waals surface area contributed by atoms with Crippen LogP contribution in [-0.2, 0) is 4.79 Å². The predicted molar refractivity (Wildman–Crippen MR) is 79.2 cm³/mol. The van der Waals surface area contributed by atoms with Crippen molar-refractivity contribution in [3.05, 3.63) is 24.3 Å². The van der Waals surface area contributed by atoms with Gasteiger partial charge in [0.2, 0.25) is 5.91 Å². The van der Waals surface area contributed by atoms with Crippen LogP contribution in [0.5, 0.6) is 5.75 Å². The quantitative estimate of drug-likeness (QED) is 0.876. The molecule has 1 amide bonds. The fraction of sp³-hybridized carbons (Fsp3) is 0.500. The molecule has 7 heteroatoms. The number of amides is 1. The van der Waals surface area contributed by atoms with Gasteiger partial charge in [0.1, 0.15) is 5.75 Å². The minimum atomic E-state index is -2.85. The zero-order valence-corrected chi connectivity index (χ0v) is 12.5. The van der Waals surface area contributed by atoms with Gasteiger partial charge in [0.15, 0.2) is 0 Å². The normalized spacial score (nSPS) is 21.0. The number of carbonyl (C=O) groups excluding carboxylic acids is 1. The van der Waals surface area contributed by atoms with Crippen molar-refractivity contribution in [1.82, 2.24) is 5.32 Å². The van der Waals surface area contributed by atoms with Crippen LogP contribution in [0, 0.1) is 0 Å². The highest BCUT2D eigenvalue weighted by Gasteiger charge is 2.38. The van der Waals surface area contributed by atoms with Crippen LogP contribution in [0.25, 0.3) is 0 Å². The van der Waals surface area contributed by atoms with E-state index in [-0.39, 0.29) is 24.1 Å². The second-order valence-electron chi connectivity index (χ2n) is 4.82. The molecule has 1 fully saturated rings. The lowest BCUT2D eigenvalue weighted by Gasteiger charge is -2.26. The summed E-state index contributed by atoms with van der Waals surface area (Å²) in [5.41, 5.74) is 0.0520. The van der Waals surface area contributed by atoms with Gasteiger partial charge in [-0.3, -0.25) is 4.79 Å². The number of benzene rings is 1. The van der Waals surface area contributed by atoms with E-state index in [4.69, 9.17) is 0 Å². The summed E-state index contributed by atoms with van der Waals surface area (Å²) in [5, 5.41) is 6.05. The maximum Gasteiger partial charge on any atom is 0.387 e. The Labute approximate surface area is 128 Å². The van der Waals surface area contributed by atoms with E-state index in [2.05, 4.69) is 15.4 Å². The van der Waals surface area contributed by atoms with E-state index in [1.807, 2.05) is 6.92 Å². The predicted octanol–water partition coefficient (Wildman–Crippen LogP) is 3.18. The van der Waals surface area contributed by atoms with Crippen LogP contribution >= 0.6 is 12.4 Å². The summed E-state index contributed by atoms with van der Waals surface area (Å²) in [7, 11) is 0. The molecule has 0 bridgehead atoms. The number of rotatable bonds is 5. The number of ether oxygens (including phenoxy) is 1. The minimum absolute atomic E-state index is 0. The Kier molecular flexibility index (Phi) is 6.36. The van der Waals surface area contributed by atoms with Gasteiger partial charge in [-0.05, 0) is 50.1 Å². The molecule has 2 N–H and O–H groups in total. The Bertz CT molecular complexity index is 463. The summed E-state index contributed by atoms with van der Waals surface area (Å²) in [5.74, 6) is -0.0118. The van der Waals surface area contributed by atoms with E-state index in [0.717, 1.165) is 19.4 Å². The van der Waals surface area contributed by atoms with Gasteiger partial charge >= 0.3 is 6.61 Å². The molecule has 2 rings (SSSR count). The summed E-state index contributed by atoms with van der Waals surface area (Å²) < 4.78 is 28.3. The van der Waals surface area contributed by atoms with Gasteiger partial charge in [0.05, 0.1) is 5.54 Å². The second kappa shape index (κ2) is 7.56. The number of nitrogens with one attached hydrogen (secondary N) is 2. The second-order valence-corrected chi connectivity index (χ2v) is 4.82. The van der Waals surface area contributed by atoms with Crippen LogP contribution in [0.1, 0.15) is 26.2 Å². The van der Waals surface area contributed by atoms with Gasteiger partial charge in [-0.1, -0.05) is 6.92 Å². The average Bonchev–Trinajstić information content (AvgIpc) is 2.90. The molecule has 1 unspecified atom stereocenters. The fourth-order valence-electron chi connectivity index (χ4n) is 2.43. The molecule has 0 aromatic heterocycles. The molecule has 1 aliphatic rings. The largest absolute Gasteiger partial charge is 0.435 e. The first kappa shape index (κ1) is 17.7. The van der Waals surface area contributed by atoms with Gasteiger partial charge in [0.25, 0.3) is 0 Å². The first-order valence-corrected chi connectivity index (χ1v) is 6.67. The lowest BCUT2D eigenvalue weighted by Crippen LogP contribution is -2.50. The molecule has 1 atom stereocenters. The Balaban J connectivity index is 0.00000220. The minimum Gasteiger partial charge on any atom is -0.435 e. The summed E-state index contributed by atoms with van der Waals surface area (Å²) >= 11 is 0. The van der Waals surface area contributed by atoms with Crippen molar-refractivity contribution in [2.75, 3.05) is 11.9 Å². The van der Waals surface area contributed by atoms with Gasteiger partial charge in [-0.25, -0.2) is 0 Å². The van der Waals surface area contributed by atoms with E-state index in [9.17, 15) is 13.6 Å². The number of anilines is 1. The highest BCUT2D eigenvalue weighted by molar-refractivity contribution is 5.98. The van der Waals surface area contributed by atoms with E-state index >= 15 is 0 Å². The topological polar surface area (TPSA) is 50.4 Å². The Hall–Kier alpha value is -1.40. The van der Waals surface area contributed by atoms with Crippen LogP contribution in [0.2, 0.25) is 0 Å². The number of halogens is 3. The first-order chi connectivity index (χ1) is 9.55. The van der Waals surface area contributed by atoms with E-state index < -0.39 is 12.2 Å². The molecule has 1 saturated heterocycles. The van der Waals surface area contributed by atoms with Gasteiger partial charge in [0, 0.05) is 5.69 Å². The van der Waals surface area contributed by atoms with Crippen LogP contribution in [0.3, 0.4) is 0 Å². The van der Waals surface area contributed by atoms with Gasteiger partial charge in [-0.15, -0.1) is 12.4 Å². The number of hydrogen-bond donors (Lipinski definition) is 2. The maximum atomic E-state index is 12.3. The highest BCUT2D eigenvalue weighted by Crippen LogP contribution is 2.25. The Morgan fingerprint density at radius 3 is 2.57 bits per heavy atom. The molecular weight excluding hydrogens is 302 g/mol. The monoisotopic (exact) mass is 320 g/mol. The number of hydrogen-bond acceptors (Lipinski definition) is 3. The summed E-state index contributed by atoms with van der Waals surface area (Å²) in [4.78, 5) is 12.3. The third-order valence-corrected chi connectivity index (χ3v) is 3.62. The molecule has 0 aliphatic carbocycles. The third kappa shape index (κ3) is 4.28. The lowest BCUT2D eigenvalue weighted by molar-refractivity contribution is -0.122. The molecule has 4 nitrogen and oxygen atoms in total. The molecule has 1 heterocycles. The standard InChI is InChI=1S/C14H18F2N2O2.ClH/c1-2-14(8-3-9-17-14)12(19)18-10-4-6-11(7-5-10)20-13(15)16;/h4-7,13,17H,2-3,8-9H2,1H3,(H,18,19);1H. The average molecular weight is 321 g/mol. The van der Waals surface area contributed by atoms with Crippen LogP contribution < -0.4 is 15.4 Å². The molecule has 0 radical (unpaired) electrons. The van der Waals surface area contributed by atoms with Crippen LogP contribution in [0.15, 0.2) is 24.3 Å². The molecule has 0 spiro atoms. The first-order valence-electron chi connectivity index (χ1n) is 6.67. The third-order valence-electron chi connectivity index (χ3n) is 3.62. The zero-order valence-electron chi connectivity index (χ0n) is 11.7. The molecule has 118 valence electrons. The Morgan fingerprint density at radius 1 is 1.43 bits per heavy atom. The molecule has 21 heavy (non-hydrogen) atoms. The van der Waals surface area contributed by atoms with Crippen molar-refractivity contribution in [3.63, 3.8) is 0 Å². The molecular formula is C14H19ClF2N2O2. The van der Waals surface area contributed by atoms with Crippen LogP contribution in [-0.4, -0.2) is 24.6 Å². The van der Waals surface area contributed by atoms with Gasteiger partial charge < -0.3 is 15.4 Å². The SMILES string of the molecule is CCC1(C(=O)Nc2ccc(OC(F)F)cc2)CCCN1.Cl. The number of carbonyl (C=O) groups is 1. The van der Waals surface area contributed by atoms with Crippen molar-refractivity contribution < 1.29 is 18.3 Å². The van der Waals surface area contributed by atoms with E-state index in [1.165, 1.54) is 12.1 Å². The molecule has 1 aromatic rings. The highest BCUT2D eigenvalue weighted by atomic mass is 35.5. The molecule has 1 aromatic carbocycles. The summed E-state index contributed by atoms with van der Waals surface area (Å²) in [6, 6.07) is 5.91. The fourth-order valence-corrected chi connectivity index (χ4v) is 2.43. The van der Waals surface area contributed by atoms with Crippen molar-refractivity contribution in [2.45, 2.75) is 38.3 Å². The molecule has 0 saturated carbocycles. The van der Waals surface area contributed by atoms with Crippen molar-refractivity contribution in [3.8, 4) is 5.75 Å². The zero-order chi connectivity index (χ0) is 14.6. The van der Waals surface area contributed by atoms with Crippen molar-refractivity contribution in [2.24, 2.45) is 0 Å². The smallest absolute Gasteiger partial charge is 0.387 e. The Morgan fingerprint density at radius 2 is 2.10 bits per heavy atom. The number of alkyl halides is 2. The van der Waals surface area contributed by atoms with Crippen molar-refractivity contribution in [1.29, 1.82) is 0 Å². The maximum absolute atomic E-state index is 12.3. The lowest BCUT2D eigenvalue weighted by atomic mass is 9.93. The summed E-state index contributed by atoms with van der Waals surface area (Å²) in [6.07, 6.45) is 2.50. The van der Waals surface area contributed by atoms with E-state index in [1.54, 1.807) is 12.1 Å². The van der Waals surface area contributed by atoms with E-state index in [0.29, 0.717) is 12.1 Å². The van der Waals surface area contributed by atoms with Crippen molar-refractivity contribution >= 4 is 24.0 Å².